The molecule has 0 saturated carbocycles. The van der Waals surface area contributed by atoms with Gasteiger partial charge >= 0.3 is 0 Å². The smallest absolute Gasteiger partial charge is 0.146 e. The number of aliphatic hydroxyl groups excluding tert-OH is 1. The van der Waals surface area contributed by atoms with Gasteiger partial charge in [0.15, 0.2) is 0 Å². The molecule has 2 atom stereocenters. The van der Waals surface area contributed by atoms with E-state index in [-0.39, 0.29) is 18.9 Å². The molecule has 0 bridgehead atoms. The van der Waals surface area contributed by atoms with Gasteiger partial charge in [0.2, 0.25) is 0 Å². The van der Waals surface area contributed by atoms with E-state index in [1.54, 1.807) is 13.4 Å². The zero-order chi connectivity index (χ0) is 16.5. The maximum absolute atomic E-state index is 9.26. The van der Waals surface area contributed by atoms with Crippen molar-refractivity contribution >= 4 is 11.0 Å². The van der Waals surface area contributed by atoms with Gasteiger partial charge in [0.1, 0.15) is 24.0 Å². The largest absolute Gasteiger partial charge is 0.497 e. The van der Waals surface area contributed by atoms with Gasteiger partial charge in [0.05, 0.1) is 25.5 Å². The Morgan fingerprint density at radius 3 is 2.75 bits per heavy atom. The summed E-state index contributed by atoms with van der Waals surface area (Å²) in [7, 11) is 1.65. The average Bonchev–Trinajstić information content (AvgIpc) is 3.28. The standard InChI is InChI=1S/C18H19N3O3/c1-23-13-4-2-12(3-5-13)17-15-8-9-21(18(15)20-11-19-17)16-7-6-14(10-22)24-16/h2-5,8-9,11,14,16,22H,6-7,10H2,1H3. The fourth-order valence-electron chi connectivity index (χ4n) is 3.21. The van der Waals surface area contributed by atoms with Crippen LogP contribution in [0.3, 0.4) is 0 Å². The number of methoxy groups -OCH3 is 1. The Bertz CT molecular complexity index is 844. The molecular formula is C18H19N3O3. The van der Waals surface area contributed by atoms with Gasteiger partial charge in [-0.2, -0.15) is 0 Å². The highest BCUT2D eigenvalue weighted by atomic mass is 16.5. The van der Waals surface area contributed by atoms with E-state index in [9.17, 15) is 5.11 Å². The topological polar surface area (TPSA) is 69.4 Å². The van der Waals surface area contributed by atoms with Gasteiger partial charge in [-0.25, -0.2) is 9.97 Å². The van der Waals surface area contributed by atoms with E-state index in [0.29, 0.717) is 0 Å². The summed E-state index contributed by atoms with van der Waals surface area (Å²) in [4.78, 5) is 8.90. The molecule has 3 heterocycles. The molecule has 24 heavy (non-hydrogen) atoms. The number of fused-ring (bicyclic) bond motifs is 1. The third-order valence-corrected chi connectivity index (χ3v) is 4.47. The summed E-state index contributed by atoms with van der Waals surface area (Å²) < 4.78 is 13.1. The monoisotopic (exact) mass is 325 g/mol. The molecule has 0 radical (unpaired) electrons. The van der Waals surface area contributed by atoms with Crippen molar-refractivity contribution in [1.82, 2.24) is 14.5 Å². The zero-order valence-corrected chi connectivity index (χ0v) is 13.4. The van der Waals surface area contributed by atoms with Crippen LogP contribution < -0.4 is 4.74 Å². The van der Waals surface area contributed by atoms with E-state index in [4.69, 9.17) is 9.47 Å². The van der Waals surface area contributed by atoms with Crippen LogP contribution in [0.25, 0.3) is 22.3 Å². The fraction of sp³-hybridized carbons (Fsp3) is 0.333. The molecule has 1 aliphatic heterocycles. The normalized spacial score (nSPS) is 20.6. The minimum atomic E-state index is -0.0876. The quantitative estimate of drug-likeness (QED) is 0.799. The number of hydrogen-bond donors (Lipinski definition) is 1. The summed E-state index contributed by atoms with van der Waals surface area (Å²) in [6.07, 6.45) is 5.12. The van der Waals surface area contributed by atoms with E-state index in [1.807, 2.05) is 41.1 Å². The van der Waals surface area contributed by atoms with E-state index < -0.39 is 0 Å². The number of rotatable bonds is 4. The van der Waals surface area contributed by atoms with Crippen molar-refractivity contribution in [3.8, 4) is 17.0 Å². The van der Waals surface area contributed by atoms with Gasteiger partial charge in [0, 0.05) is 17.1 Å². The summed E-state index contributed by atoms with van der Waals surface area (Å²) in [5.41, 5.74) is 2.75. The fourth-order valence-corrected chi connectivity index (χ4v) is 3.21. The molecule has 0 aliphatic carbocycles. The molecule has 124 valence electrons. The molecule has 1 aliphatic rings. The van der Waals surface area contributed by atoms with Crippen molar-refractivity contribution in [2.75, 3.05) is 13.7 Å². The van der Waals surface area contributed by atoms with Crippen LogP contribution in [0.5, 0.6) is 5.75 Å². The minimum Gasteiger partial charge on any atom is -0.497 e. The number of aromatic nitrogens is 3. The first-order valence-corrected chi connectivity index (χ1v) is 8.02. The van der Waals surface area contributed by atoms with Crippen LogP contribution in [0.2, 0.25) is 0 Å². The van der Waals surface area contributed by atoms with Crippen molar-refractivity contribution in [3.05, 3.63) is 42.9 Å². The second-order valence-electron chi connectivity index (χ2n) is 5.88. The number of hydrogen-bond acceptors (Lipinski definition) is 5. The summed E-state index contributed by atoms with van der Waals surface area (Å²) in [5.74, 6) is 0.816. The molecule has 1 aromatic carbocycles. The van der Waals surface area contributed by atoms with Crippen LogP contribution in [0.4, 0.5) is 0 Å². The Labute approximate surface area is 139 Å². The van der Waals surface area contributed by atoms with Gasteiger partial charge in [-0.3, -0.25) is 0 Å². The van der Waals surface area contributed by atoms with Crippen molar-refractivity contribution < 1.29 is 14.6 Å². The van der Waals surface area contributed by atoms with Gasteiger partial charge in [0.25, 0.3) is 0 Å². The van der Waals surface area contributed by atoms with Crippen LogP contribution in [0, 0.1) is 0 Å². The summed E-state index contributed by atoms with van der Waals surface area (Å²) >= 11 is 0. The zero-order valence-electron chi connectivity index (χ0n) is 13.4. The highest BCUT2D eigenvalue weighted by Crippen LogP contribution is 2.33. The summed E-state index contributed by atoms with van der Waals surface area (Å²) in [5, 5.41) is 10.2. The van der Waals surface area contributed by atoms with Crippen LogP contribution in [-0.4, -0.2) is 39.5 Å². The molecule has 1 fully saturated rings. The van der Waals surface area contributed by atoms with Crippen LogP contribution in [0.15, 0.2) is 42.9 Å². The Morgan fingerprint density at radius 2 is 2.04 bits per heavy atom. The second kappa shape index (κ2) is 6.22. The number of aliphatic hydroxyl groups is 1. The maximum Gasteiger partial charge on any atom is 0.146 e. The molecule has 0 amide bonds. The Morgan fingerprint density at radius 1 is 1.21 bits per heavy atom. The van der Waals surface area contributed by atoms with Crippen molar-refractivity contribution in [1.29, 1.82) is 0 Å². The third kappa shape index (κ3) is 2.53. The van der Waals surface area contributed by atoms with Crippen LogP contribution in [-0.2, 0) is 4.74 Å². The number of ether oxygens (including phenoxy) is 2. The average molecular weight is 325 g/mol. The first-order chi connectivity index (χ1) is 11.8. The number of nitrogens with zero attached hydrogens (tertiary/aromatic N) is 3. The number of benzene rings is 1. The molecule has 1 saturated heterocycles. The lowest BCUT2D eigenvalue weighted by molar-refractivity contribution is -0.0204. The van der Waals surface area contributed by atoms with E-state index >= 15 is 0 Å². The van der Waals surface area contributed by atoms with Gasteiger partial charge in [-0.15, -0.1) is 0 Å². The summed E-state index contributed by atoms with van der Waals surface area (Å²) in [6, 6.07) is 9.85. The van der Waals surface area contributed by atoms with Gasteiger partial charge < -0.3 is 19.1 Å². The van der Waals surface area contributed by atoms with E-state index in [1.165, 1.54) is 0 Å². The Balaban J connectivity index is 1.73. The molecular weight excluding hydrogens is 306 g/mol. The van der Waals surface area contributed by atoms with Crippen LogP contribution >= 0.6 is 0 Å². The SMILES string of the molecule is COc1ccc(-c2ncnc3c2ccn3C2CCC(CO)O2)cc1. The van der Waals surface area contributed by atoms with E-state index in [2.05, 4.69) is 9.97 Å². The first kappa shape index (κ1) is 15.1. The van der Waals surface area contributed by atoms with Crippen molar-refractivity contribution in [2.24, 2.45) is 0 Å². The minimum absolute atomic E-state index is 0.0573. The Kier molecular flexibility index (Phi) is 3.92. The molecule has 6 nitrogen and oxygen atoms in total. The third-order valence-electron chi connectivity index (χ3n) is 4.47. The molecule has 2 unspecified atom stereocenters. The molecule has 2 aromatic heterocycles. The van der Waals surface area contributed by atoms with Crippen molar-refractivity contribution in [2.45, 2.75) is 25.2 Å². The second-order valence-corrected chi connectivity index (χ2v) is 5.88. The molecule has 3 aromatic rings. The lowest BCUT2D eigenvalue weighted by Crippen LogP contribution is -2.14. The van der Waals surface area contributed by atoms with Crippen molar-refractivity contribution in [3.63, 3.8) is 0 Å². The highest BCUT2D eigenvalue weighted by Gasteiger charge is 2.27. The summed E-state index contributed by atoms with van der Waals surface area (Å²) in [6.45, 7) is 0.0573. The highest BCUT2D eigenvalue weighted by molar-refractivity contribution is 5.91. The van der Waals surface area contributed by atoms with Gasteiger partial charge in [-0.05, 0) is 43.2 Å². The molecule has 4 rings (SSSR count). The maximum atomic E-state index is 9.26. The molecule has 0 spiro atoms. The lowest BCUT2D eigenvalue weighted by Gasteiger charge is -2.14. The Hall–Kier alpha value is -2.44. The lowest BCUT2D eigenvalue weighted by atomic mass is 10.1. The molecule has 6 heteroatoms. The van der Waals surface area contributed by atoms with E-state index in [0.717, 1.165) is 40.9 Å². The predicted octanol–water partition coefficient (Wildman–Crippen LogP) is 2.78. The first-order valence-electron chi connectivity index (χ1n) is 8.02. The van der Waals surface area contributed by atoms with Gasteiger partial charge in [-0.1, -0.05) is 0 Å². The van der Waals surface area contributed by atoms with Crippen LogP contribution in [0.1, 0.15) is 19.1 Å². The molecule has 1 N–H and O–H groups in total. The predicted molar refractivity (Wildman–Crippen MR) is 89.7 cm³/mol.